The maximum atomic E-state index is 10.6. The van der Waals surface area contributed by atoms with E-state index in [1.54, 1.807) is 0 Å². The molecule has 1 aliphatic heterocycles. The van der Waals surface area contributed by atoms with Crippen LogP contribution >= 0.6 is 11.8 Å². The van der Waals surface area contributed by atoms with Crippen LogP contribution in [0, 0.1) is 0 Å². The molecule has 0 saturated carbocycles. The van der Waals surface area contributed by atoms with Gasteiger partial charge in [0.2, 0.25) is 5.95 Å². The number of carboxylic acids is 1. The lowest BCUT2D eigenvalue weighted by Gasteiger charge is -2.10. The Balaban J connectivity index is 2.45. The van der Waals surface area contributed by atoms with Crippen molar-refractivity contribution >= 4 is 35.1 Å². The molecule has 1 aromatic heterocycles. The average Bonchev–Trinajstić information content (AvgIpc) is 2.16. The predicted octanol–water partition coefficient (Wildman–Crippen LogP) is 0.322. The van der Waals surface area contributed by atoms with E-state index in [-0.39, 0.29) is 11.7 Å². The molecule has 0 spiro atoms. The number of aromatic nitrogens is 2. The quantitative estimate of drug-likeness (QED) is 0.647. The van der Waals surface area contributed by atoms with E-state index in [1.165, 1.54) is 18.0 Å². The van der Waals surface area contributed by atoms with Gasteiger partial charge >= 0.3 is 5.97 Å². The molecule has 72 valence electrons. The molecule has 6 nitrogen and oxygen atoms in total. The molecule has 0 atom stereocenters. The summed E-state index contributed by atoms with van der Waals surface area (Å²) in [7, 11) is 0. The number of fused-ring (bicyclic) bond motifs is 1. The molecular weight excluding hydrogens is 204 g/mol. The van der Waals surface area contributed by atoms with E-state index in [0.717, 1.165) is 0 Å². The van der Waals surface area contributed by atoms with Gasteiger partial charge in [-0.05, 0) is 0 Å². The van der Waals surface area contributed by atoms with Crippen LogP contribution in [0.15, 0.2) is 16.2 Å². The van der Waals surface area contributed by atoms with Crippen molar-refractivity contribution in [1.82, 2.24) is 9.97 Å². The summed E-state index contributed by atoms with van der Waals surface area (Å²) in [5, 5.41) is 9.34. The molecule has 0 radical (unpaired) electrons. The average molecular weight is 210 g/mol. The third-order valence-electron chi connectivity index (χ3n) is 1.60. The molecule has 0 aromatic carbocycles. The predicted molar refractivity (Wildman–Crippen MR) is 51.9 cm³/mol. The van der Waals surface area contributed by atoms with Gasteiger partial charge in [0.1, 0.15) is 16.4 Å². The van der Waals surface area contributed by atoms with Gasteiger partial charge in [0.05, 0.1) is 6.20 Å². The first-order valence-corrected chi connectivity index (χ1v) is 4.71. The highest BCUT2D eigenvalue weighted by Gasteiger charge is 2.19. The van der Waals surface area contributed by atoms with Crippen molar-refractivity contribution in [2.45, 2.75) is 5.03 Å². The normalized spacial score (nSPS) is 14.4. The number of aliphatic imine (C=N–C) groups is 1. The second-order valence-corrected chi connectivity index (χ2v) is 3.53. The van der Waals surface area contributed by atoms with Crippen LogP contribution in [0.2, 0.25) is 0 Å². The van der Waals surface area contributed by atoms with Gasteiger partial charge in [0.15, 0.2) is 0 Å². The van der Waals surface area contributed by atoms with E-state index in [0.29, 0.717) is 16.5 Å². The summed E-state index contributed by atoms with van der Waals surface area (Å²) in [5.41, 5.74) is 5.95. The molecule has 1 aromatic rings. The van der Waals surface area contributed by atoms with Crippen LogP contribution in [0.25, 0.3) is 0 Å². The van der Waals surface area contributed by atoms with E-state index in [1.807, 2.05) is 0 Å². The summed E-state index contributed by atoms with van der Waals surface area (Å²) in [4.78, 5) is 22.2. The molecule has 1 aliphatic rings. The summed E-state index contributed by atoms with van der Waals surface area (Å²) < 4.78 is 0. The largest absolute Gasteiger partial charge is 0.477 e. The van der Waals surface area contributed by atoms with Crippen molar-refractivity contribution in [2.24, 2.45) is 4.99 Å². The summed E-state index contributed by atoms with van der Waals surface area (Å²) >= 11 is 1.30. The van der Waals surface area contributed by atoms with Crippen molar-refractivity contribution in [3.05, 3.63) is 6.20 Å². The molecule has 0 aliphatic carbocycles. The molecule has 0 amide bonds. The number of anilines is 1. The highest BCUT2D eigenvalue weighted by molar-refractivity contribution is 8.00. The van der Waals surface area contributed by atoms with Crippen molar-refractivity contribution in [1.29, 1.82) is 0 Å². The Morgan fingerprint density at radius 2 is 2.43 bits per heavy atom. The number of carboxylic acid groups (broad SMARTS) is 1. The van der Waals surface area contributed by atoms with E-state index in [4.69, 9.17) is 10.8 Å². The van der Waals surface area contributed by atoms with Crippen LogP contribution in [0.1, 0.15) is 0 Å². The van der Waals surface area contributed by atoms with E-state index in [2.05, 4.69) is 15.0 Å². The third kappa shape index (κ3) is 1.53. The molecule has 14 heavy (non-hydrogen) atoms. The summed E-state index contributed by atoms with van der Waals surface area (Å²) in [6.45, 7) is 0. The van der Waals surface area contributed by atoms with Gasteiger partial charge in [0, 0.05) is 5.75 Å². The molecule has 7 heteroatoms. The number of hydrogen-bond donors (Lipinski definition) is 2. The Bertz CT molecular complexity index is 432. The van der Waals surface area contributed by atoms with E-state index in [9.17, 15) is 4.79 Å². The van der Waals surface area contributed by atoms with Gasteiger partial charge in [-0.15, -0.1) is 0 Å². The molecule has 0 saturated heterocycles. The smallest absolute Gasteiger partial charge is 0.351 e. The zero-order valence-corrected chi connectivity index (χ0v) is 7.78. The van der Waals surface area contributed by atoms with Crippen LogP contribution in [-0.4, -0.2) is 32.5 Å². The van der Waals surface area contributed by atoms with Gasteiger partial charge < -0.3 is 10.8 Å². The number of aliphatic carboxylic acids is 1. The second-order valence-electron chi connectivity index (χ2n) is 2.57. The number of hydrogen-bond acceptors (Lipinski definition) is 6. The molecule has 3 N–H and O–H groups in total. The van der Waals surface area contributed by atoms with Crippen molar-refractivity contribution < 1.29 is 9.90 Å². The van der Waals surface area contributed by atoms with Crippen LogP contribution < -0.4 is 5.73 Å². The third-order valence-corrected chi connectivity index (χ3v) is 2.59. The Morgan fingerprint density at radius 3 is 3.14 bits per heavy atom. The SMILES string of the molecule is Nc1ncc2c(n1)SCC(C(=O)O)=N2. The molecule has 0 bridgehead atoms. The van der Waals surface area contributed by atoms with Gasteiger partial charge in [-0.25, -0.2) is 19.8 Å². The lowest BCUT2D eigenvalue weighted by Crippen LogP contribution is -2.17. The monoisotopic (exact) mass is 210 g/mol. The summed E-state index contributed by atoms with van der Waals surface area (Å²) in [6, 6.07) is 0. The van der Waals surface area contributed by atoms with Crippen molar-refractivity contribution in [3.63, 3.8) is 0 Å². The lowest BCUT2D eigenvalue weighted by atomic mass is 10.4. The highest BCUT2D eigenvalue weighted by atomic mass is 32.2. The zero-order valence-electron chi connectivity index (χ0n) is 6.97. The van der Waals surface area contributed by atoms with Crippen molar-refractivity contribution in [2.75, 3.05) is 11.5 Å². The first-order valence-electron chi connectivity index (χ1n) is 3.73. The van der Waals surface area contributed by atoms with Crippen LogP contribution in [0.3, 0.4) is 0 Å². The molecule has 0 unspecified atom stereocenters. The highest BCUT2D eigenvalue weighted by Crippen LogP contribution is 2.31. The van der Waals surface area contributed by atoms with Crippen molar-refractivity contribution in [3.8, 4) is 0 Å². The Labute approximate surface area is 83.3 Å². The van der Waals surface area contributed by atoms with Gasteiger partial charge in [-0.1, -0.05) is 11.8 Å². The standard InChI is InChI=1S/C7H6N4O2S/c8-7-9-1-3-5(11-7)14-2-4(10-3)6(12)13/h1H,2H2,(H,12,13)(H2,8,9,11). The van der Waals surface area contributed by atoms with Gasteiger partial charge in [0.25, 0.3) is 0 Å². The van der Waals surface area contributed by atoms with Crippen LogP contribution in [0.4, 0.5) is 11.6 Å². The maximum absolute atomic E-state index is 10.6. The van der Waals surface area contributed by atoms with E-state index >= 15 is 0 Å². The minimum Gasteiger partial charge on any atom is -0.477 e. The Hall–Kier alpha value is -1.63. The minimum absolute atomic E-state index is 0.107. The number of nitrogens with two attached hydrogens (primary N) is 1. The number of rotatable bonds is 1. The molecule has 0 fully saturated rings. The maximum Gasteiger partial charge on any atom is 0.351 e. The first-order chi connectivity index (χ1) is 6.66. The molecule has 2 rings (SSSR count). The number of carbonyl (C=O) groups is 1. The van der Waals surface area contributed by atoms with Gasteiger partial charge in [-0.3, -0.25) is 0 Å². The fourth-order valence-electron chi connectivity index (χ4n) is 0.980. The van der Waals surface area contributed by atoms with E-state index < -0.39 is 5.97 Å². The Kier molecular flexibility index (Phi) is 2.08. The molecular formula is C7H6N4O2S. The summed E-state index contributed by atoms with van der Waals surface area (Å²) in [6.07, 6.45) is 1.42. The Morgan fingerprint density at radius 1 is 1.64 bits per heavy atom. The lowest BCUT2D eigenvalue weighted by molar-refractivity contribution is -0.129. The zero-order chi connectivity index (χ0) is 10.1. The second kappa shape index (κ2) is 3.26. The number of thioether (sulfide) groups is 1. The fourth-order valence-corrected chi connectivity index (χ4v) is 1.85. The van der Waals surface area contributed by atoms with Gasteiger partial charge in [-0.2, -0.15) is 0 Å². The first kappa shape index (κ1) is 8.95. The van der Waals surface area contributed by atoms with Crippen LogP contribution in [-0.2, 0) is 4.79 Å². The fraction of sp³-hybridized carbons (Fsp3) is 0.143. The number of nitrogen functional groups attached to an aromatic ring is 1. The molecule has 2 heterocycles. The minimum atomic E-state index is -1.01. The number of nitrogens with zero attached hydrogens (tertiary/aromatic N) is 3. The van der Waals surface area contributed by atoms with Crippen LogP contribution in [0.5, 0.6) is 0 Å². The summed E-state index contributed by atoms with van der Waals surface area (Å²) in [5.74, 6) is -0.538. The topological polar surface area (TPSA) is 101 Å².